The minimum Gasteiger partial charge on any atom is -0.377 e. The van der Waals surface area contributed by atoms with Gasteiger partial charge in [0.05, 0.1) is 16.8 Å². The fourth-order valence-corrected chi connectivity index (χ4v) is 5.79. The zero-order chi connectivity index (χ0) is 23.5. The predicted octanol–water partition coefficient (Wildman–Crippen LogP) is 5.64. The molecule has 0 aromatic heterocycles. The summed E-state index contributed by atoms with van der Waals surface area (Å²) in [5.74, 6) is -0.101. The summed E-state index contributed by atoms with van der Waals surface area (Å²) in [7, 11) is 0. The quantitative estimate of drug-likeness (QED) is 0.551. The lowest BCUT2D eigenvalue weighted by Gasteiger charge is -2.42. The van der Waals surface area contributed by atoms with Crippen molar-refractivity contribution in [3.63, 3.8) is 0 Å². The highest BCUT2D eigenvalue weighted by Gasteiger charge is 2.31. The molecule has 2 aliphatic rings. The molecule has 1 heterocycles. The molecule has 3 N–H and O–H groups in total. The molecule has 0 bridgehead atoms. The van der Waals surface area contributed by atoms with Crippen molar-refractivity contribution in [3.8, 4) is 0 Å². The number of carbonyl (C=O) groups is 1. The minimum absolute atomic E-state index is 0.0344. The van der Waals surface area contributed by atoms with E-state index in [1.54, 1.807) is 0 Å². The molecule has 1 saturated heterocycles. The molecule has 2 aromatic carbocycles. The number of aryl methyl sites for hydroxylation is 1. The molecular weight excluding hydrogens is 455 g/mol. The summed E-state index contributed by atoms with van der Waals surface area (Å²) < 4.78 is 0. The molecule has 1 unspecified atom stereocenters. The number of nitrogens with zero attached hydrogens (tertiary/aromatic N) is 2. The second kappa shape index (κ2) is 10.5. The van der Waals surface area contributed by atoms with E-state index in [9.17, 15) is 4.79 Å². The van der Waals surface area contributed by atoms with E-state index in [0.717, 1.165) is 73.7 Å². The first-order valence-corrected chi connectivity index (χ1v) is 12.7. The molecule has 0 radical (unpaired) electrons. The Balaban J connectivity index is 1.39. The molecule has 7 heteroatoms. The molecule has 1 amide bonds. The zero-order valence-corrected chi connectivity index (χ0v) is 21.0. The van der Waals surface area contributed by atoms with E-state index in [-0.39, 0.29) is 17.9 Å². The van der Waals surface area contributed by atoms with Crippen LogP contribution in [-0.4, -0.2) is 43.0 Å². The molecule has 0 spiro atoms. The van der Waals surface area contributed by atoms with Crippen LogP contribution >= 0.6 is 23.2 Å². The SMILES string of the molecule is Cc1ccc(C(C)Nc2cc(N3CCN([C@@H]4CCC[C@H](C(N)=O)C4)CC3)ccc2Cl)c(Cl)c1. The van der Waals surface area contributed by atoms with Crippen LogP contribution in [-0.2, 0) is 4.79 Å². The number of piperazine rings is 1. The summed E-state index contributed by atoms with van der Waals surface area (Å²) in [5.41, 5.74) is 9.86. The molecule has 3 atom stereocenters. The average molecular weight is 489 g/mol. The highest BCUT2D eigenvalue weighted by Crippen LogP contribution is 2.34. The van der Waals surface area contributed by atoms with E-state index >= 15 is 0 Å². The Morgan fingerprint density at radius 1 is 1.06 bits per heavy atom. The van der Waals surface area contributed by atoms with Gasteiger partial charge in [0.25, 0.3) is 0 Å². The molecule has 178 valence electrons. The average Bonchev–Trinajstić information content (AvgIpc) is 2.80. The summed E-state index contributed by atoms with van der Waals surface area (Å²) in [4.78, 5) is 16.6. The summed E-state index contributed by atoms with van der Waals surface area (Å²) in [6.07, 6.45) is 4.11. The fourth-order valence-electron chi connectivity index (χ4n) is 5.21. The Kier molecular flexibility index (Phi) is 7.72. The van der Waals surface area contributed by atoms with E-state index in [1.807, 2.05) is 19.1 Å². The predicted molar refractivity (Wildman–Crippen MR) is 138 cm³/mol. The summed E-state index contributed by atoms with van der Waals surface area (Å²) in [6, 6.07) is 12.8. The van der Waals surface area contributed by atoms with Crippen LogP contribution in [0.15, 0.2) is 36.4 Å². The largest absolute Gasteiger partial charge is 0.377 e. The molecule has 1 saturated carbocycles. The van der Waals surface area contributed by atoms with Crippen LogP contribution < -0.4 is 16.0 Å². The van der Waals surface area contributed by atoms with Gasteiger partial charge in [0.2, 0.25) is 5.91 Å². The molecular formula is C26H34Cl2N4O. The molecule has 4 rings (SSSR count). The van der Waals surface area contributed by atoms with Crippen molar-refractivity contribution in [2.45, 2.75) is 51.6 Å². The molecule has 33 heavy (non-hydrogen) atoms. The Morgan fingerprint density at radius 2 is 1.82 bits per heavy atom. The third-order valence-corrected chi connectivity index (χ3v) is 7.85. The number of anilines is 2. The second-order valence-electron chi connectivity index (χ2n) is 9.50. The number of nitrogens with one attached hydrogen (secondary N) is 1. The van der Waals surface area contributed by atoms with E-state index in [4.69, 9.17) is 28.9 Å². The van der Waals surface area contributed by atoms with Crippen LogP contribution in [0.5, 0.6) is 0 Å². The number of rotatable bonds is 6. The Bertz CT molecular complexity index is 990. The van der Waals surface area contributed by atoms with Gasteiger partial charge in [0.1, 0.15) is 0 Å². The maximum atomic E-state index is 11.7. The van der Waals surface area contributed by atoms with Crippen molar-refractivity contribution in [1.29, 1.82) is 0 Å². The number of primary amides is 1. The van der Waals surface area contributed by atoms with E-state index in [2.05, 4.69) is 46.3 Å². The van der Waals surface area contributed by atoms with E-state index in [1.165, 1.54) is 5.69 Å². The first-order chi connectivity index (χ1) is 15.8. The van der Waals surface area contributed by atoms with Gasteiger partial charge in [0.15, 0.2) is 0 Å². The van der Waals surface area contributed by atoms with E-state index < -0.39 is 0 Å². The van der Waals surface area contributed by atoms with Gasteiger partial charge < -0.3 is 16.0 Å². The topological polar surface area (TPSA) is 61.6 Å². The second-order valence-corrected chi connectivity index (χ2v) is 10.3. The maximum absolute atomic E-state index is 11.7. The zero-order valence-electron chi connectivity index (χ0n) is 19.5. The van der Waals surface area contributed by atoms with Gasteiger partial charge >= 0.3 is 0 Å². The van der Waals surface area contributed by atoms with Crippen molar-refractivity contribution in [2.75, 3.05) is 36.4 Å². The number of hydrogen-bond acceptors (Lipinski definition) is 4. The van der Waals surface area contributed by atoms with Crippen molar-refractivity contribution in [2.24, 2.45) is 11.7 Å². The summed E-state index contributed by atoms with van der Waals surface area (Å²) in [6.45, 7) is 8.05. The van der Waals surface area contributed by atoms with E-state index in [0.29, 0.717) is 11.1 Å². The number of benzene rings is 2. The normalized spacial score (nSPS) is 22.7. The van der Waals surface area contributed by atoms with Crippen molar-refractivity contribution in [1.82, 2.24) is 4.90 Å². The first kappa shape index (κ1) is 24.2. The number of nitrogens with two attached hydrogens (primary N) is 1. The van der Waals surface area contributed by atoms with Gasteiger partial charge in [0, 0.05) is 48.8 Å². The smallest absolute Gasteiger partial charge is 0.220 e. The molecule has 2 fully saturated rings. The Hall–Kier alpha value is -1.95. The Morgan fingerprint density at radius 3 is 2.52 bits per heavy atom. The lowest BCUT2D eigenvalue weighted by molar-refractivity contribution is -0.123. The highest BCUT2D eigenvalue weighted by atomic mass is 35.5. The fraction of sp³-hybridized carbons (Fsp3) is 0.500. The maximum Gasteiger partial charge on any atom is 0.220 e. The van der Waals surface area contributed by atoms with Crippen LogP contribution in [0.25, 0.3) is 0 Å². The number of halogens is 2. The monoisotopic (exact) mass is 488 g/mol. The van der Waals surface area contributed by atoms with Gasteiger partial charge in [-0.1, -0.05) is 41.8 Å². The van der Waals surface area contributed by atoms with Crippen molar-refractivity contribution in [3.05, 3.63) is 57.6 Å². The van der Waals surface area contributed by atoms with Gasteiger partial charge in [-0.05, 0) is 68.5 Å². The Labute approximate surface area is 207 Å². The molecule has 1 aliphatic carbocycles. The molecule has 5 nitrogen and oxygen atoms in total. The number of hydrogen-bond donors (Lipinski definition) is 2. The van der Waals surface area contributed by atoms with Crippen LogP contribution in [0.2, 0.25) is 10.0 Å². The third kappa shape index (κ3) is 5.76. The van der Waals surface area contributed by atoms with Gasteiger partial charge in [-0.2, -0.15) is 0 Å². The van der Waals surface area contributed by atoms with Gasteiger partial charge in [-0.25, -0.2) is 0 Å². The molecule has 1 aliphatic heterocycles. The minimum atomic E-state index is -0.138. The summed E-state index contributed by atoms with van der Waals surface area (Å²) in [5, 5.41) is 5.01. The molecule has 2 aromatic rings. The van der Waals surface area contributed by atoms with Crippen LogP contribution in [0.3, 0.4) is 0 Å². The number of carbonyl (C=O) groups excluding carboxylic acids is 1. The van der Waals surface area contributed by atoms with Gasteiger partial charge in [-0.3, -0.25) is 9.69 Å². The lowest BCUT2D eigenvalue weighted by atomic mass is 9.84. The van der Waals surface area contributed by atoms with Crippen molar-refractivity contribution >= 4 is 40.5 Å². The highest BCUT2D eigenvalue weighted by molar-refractivity contribution is 6.33. The van der Waals surface area contributed by atoms with Crippen LogP contribution in [0.1, 0.15) is 49.8 Å². The first-order valence-electron chi connectivity index (χ1n) is 11.9. The van der Waals surface area contributed by atoms with Crippen LogP contribution in [0.4, 0.5) is 11.4 Å². The number of amides is 1. The lowest BCUT2D eigenvalue weighted by Crippen LogP contribution is -2.52. The van der Waals surface area contributed by atoms with Crippen LogP contribution in [0, 0.1) is 12.8 Å². The standard InChI is InChI=1S/C26H34Cl2N4O/c1-17-6-8-22(24(28)14-17)18(2)30-25-16-21(7-9-23(25)27)32-12-10-31(11-13-32)20-5-3-4-19(15-20)26(29)33/h6-9,14,16,18-20,30H,3-5,10-13,15H2,1-2H3,(H2,29,33)/t18?,19-,20+/m0/s1. The summed E-state index contributed by atoms with van der Waals surface area (Å²) >= 11 is 13.0. The third-order valence-electron chi connectivity index (χ3n) is 7.19. The van der Waals surface area contributed by atoms with Gasteiger partial charge in [-0.15, -0.1) is 0 Å². The van der Waals surface area contributed by atoms with Crippen molar-refractivity contribution < 1.29 is 4.79 Å².